The summed E-state index contributed by atoms with van der Waals surface area (Å²) in [5.41, 5.74) is 0.895. The second kappa shape index (κ2) is 6.51. The maximum absolute atomic E-state index is 12.9. The summed E-state index contributed by atoms with van der Waals surface area (Å²) in [5.74, 6) is -0.0314. The Hall–Kier alpha value is -1.89. The van der Waals surface area contributed by atoms with E-state index < -0.39 is 0 Å². The van der Waals surface area contributed by atoms with Gasteiger partial charge >= 0.3 is 0 Å². The van der Waals surface area contributed by atoms with E-state index in [9.17, 15) is 9.18 Å². The van der Waals surface area contributed by atoms with E-state index in [1.165, 1.54) is 30.2 Å². The molecule has 0 bridgehead atoms. The highest BCUT2D eigenvalue weighted by molar-refractivity contribution is 7.99. The third-order valence-corrected chi connectivity index (χ3v) is 3.91. The fourth-order valence-electron chi connectivity index (χ4n) is 1.68. The third-order valence-electron chi connectivity index (χ3n) is 3.05. The summed E-state index contributed by atoms with van der Waals surface area (Å²) in [6, 6.07) is 6.06. The van der Waals surface area contributed by atoms with E-state index in [0.29, 0.717) is 5.16 Å². The molecule has 0 fully saturated rings. The maximum Gasteiger partial charge on any atom is 0.233 e. The van der Waals surface area contributed by atoms with Gasteiger partial charge in [-0.25, -0.2) is 9.37 Å². The van der Waals surface area contributed by atoms with E-state index in [1.54, 1.807) is 24.1 Å². The molecule has 1 N–H and O–H groups in total. The molecule has 1 aromatic carbocycles. The minimum Gasteiger partial charge on any atom is -0.338 e. The Balaban J connectivity index is 1.93. The summed E-state index contributed by atoms with van der Waals surface area (Å²) in [4.78, 5) is 17.7. The van der Waals surface area contributed by atoms with Gasteiger partial charge in [0, 0.05) is 7.05 Å². The van der Waals surface area contributed by atoms with Crippen molar-refractivity contribution in [3.63, 3.8) is 0 Å². The Morgan fingerprint density at radius 1 is 1.45 bits per heavy atom. The van der Waals surface area contributed by atoms with E-state index in [-0.39, 0.29) is 23.5 Å². The molecule has 1 amide bonds. The number of aromatic amines is 1. The van der Waals surface area contributed by atoms with Gasteiger partial charge in [-0.2, -0.15) is 5.10 Å². The number of halogens is 1. The van der Waals surface area contributed by atoms with Crippen LogP contribution in [0, 0.1) is 5.82 Å². The van der Waals surface area contributed by atoms with Crippen LogP contribution < -0.4 is 0 Å². The van der Waals surface area contributed by atoms with Gasteiger partial charge in [0.15, 0.2) is 5.16 Å². The molecule has 0 unspecified atom stereocenters. The molecule has 0 aliphatic rings. The normalized spacial score (nSPS) is 12.2. The highest BCUT2D eigenvalue weighted by atomic mass is 32.2. The lowest BCUT2D eigenvalue weighted by Crippen LogP contribution is -2.31. The zero-order chi connectivity index (χ0) is 14.5. The number of hydrogen-bond donors (Lipinski definition) is 1. The van der Waals surface area contributed by atoms with Crippen LogP contribution in [0.5, 0.6) is 0 Å². The number of thioether (sulfide) groups is 1. The van der Waals surface area contributed by atoms with Crippen molar-refractivity contribution < 1.29 is 9.18 Å². The lowest BCUT2D eigenvalue weighted by Gasteiger charge is -2.25. The van der Waals surface area contributed by atoms with Crippen molar-refractivity contribution >= 4 is 17.7 Å². The second-order valence-corrected chi connectivity index (χ2v) is 5.28. The molecule has 0 radical (unpaired) electrons. The lowest BCUT2D eigenvalue weighted by molar-refractivity contribution is -0.128. The molecule has 0 aliphatic heterocycles. The molecular formula is C13H15FN4OS. The first-order valence-corrected chi connectivity index (χ1v) is 7.06. The van der Waals surface area contributed by atoms with Gasteiger partial charge in [-0.1, -0.05) is 23.9 Å². The molecule has 20 heavy (non-hydrogen) atoms. The summed E-state index contributed by atoms with van der Waals surface area (Å²) in [7, 11) is 1.73. The average Bonchev–Trinajstić information content (AvgIpc) is 2.97. The second-order valence-electron chi connectivity index (χ2n) is 4.31. The van der Waals surface area contributed by atoms with Gasteiger partial charge in [0.1, 0.15) is 12.1 Å². The minimum absolute atomic E-state index is 0.0248. The molecule has 1 aromatic heterocycles. The highest BCUT2D eigenvalue weighted by Gasteiger charge is 2.17. The number of rotatable bonds is 5. The predicted octanol–water partition coefficient (Wildman–Crippen LogP) is 2.26. The third kappa shape index (κ3) is 3.57. The molecular weight excluding hydrogens is 279 g/mol. The van der Waals surface area contributed by atoms with Crippen LogP contribution in [-0.2, 0) is 4.79 Å². The summed E-state index contributed by atoms with van der Waals surface area (Å²) >= 11 is 1.30. The Morgan fingerprint density at radius 2 is 2.15 bits per heavy atom. The van der Waals surface area contributed by atoms with Crippen LogP contribution in [0.1, 0.15) is 18.5 Å². The van der Waals surface area contributed by atoms with Crippen LogP contribution in [0.25, 0.3) is 0 Å². The predicted molar refractivity (Wildman–Crippen MR) is 74.7 cm³/mol. The number of hydrogen-bond acceptors (Lipinski definition) is 4. The standard InChI is InChI=1S/C13H15FN4OS/c1-9(10-3-5-11(14)6-4-10)18(2)12(19)7-20-13-15-8-16-17-13/h3-6,8-9H,7H2,1-2H3,(H,15,16,17)/t9-/m0/s1. The van der Waals surface area contributed by atoms with Gasteiger partial charge < -0.3 is 4.90 Å². The molecule has 2 aromatic rings. The van der Waals surface area contributed by atoms with Gasteiger partial charge in [-0.3, -0.25) is 9.89 Å². The first-order chi connectivity index (χ1) is 9.58. The van der Waals surface area contributed by atoms with E-state index in [2.05, 4.69) is 15.2 Å². The Bertz CT molecular complexity index is 558. The maximum atomic E-state index is 12.9. The van der Waals surface area contributed by atoms with Gasteiger partial charge in [-0.15, -0.1) is 0 Å². The zero-order valence-corrected chi connectivity index (χ0v) is 12.0. The number of H-pyrrole nitrogens is 1. The smallest absolute Gasteiger partial charge is 0.233 e. The van der Waals surface area contributed by atoms with Crippen LogP contribution >= 0.6 is 11.8 Å². The highest BCUT2D eigenvalue weighted by Crippen LogP contribution is 2.21. The Kier molecular flexibility index (Phi) is 4.73. The van der Waals surface area contributed by atoms with Crippen LogP contribution in [0.15, 0.2) is 35.7 Å². The van der Waals surface area contributed by atoms with Crippen molar-refractivity contribution in [3.8, 4) is 0 Å². The van der Waals surface area contributed by atoms with E-state index in [4.69, 9.17) is 0 Å². The molecule has 0 saturated carbocycles. The largest absolute Gasteiger partial charge is 0.338 e. The Morgan fingerprint density at radius 3 is 2.75 bits per heavy atom. The van der Waals surface area contributed by atoms with E-state index >= 15 is 0 Å². The van der Waals surface area contributed by atoms with Gasteiger partial charge in [0.2, 0.25) is 5.91 Å². The van der Waals surface area contributed by atoms with Crippen LogP contribution in [0.2, 0.25) is 0 Å². The van der Waals surface area contributed by atoms with Crippen molar-refractivity contribution in [2.75, 3.05) is 12.8 Å². The van der Waals surface area contributed by atoms with Crippen LogP contribution in [0.4, 0.5) is 4.39 Å². The number of carbonyl (C=O) groups is 1. The first kappa shape index (κ1) is 14.5. The summed E-state index contributed by atoms with van der Waals surface area (Å²) < 4.78 is 12.9. The number of nitrogens with one attached hydrogen (secondary N) is 1. The summed E-state index contributed by atoms with van der Waals surface area (Å²) in [6.07, 6.45) is 1.40. The fraction of sp³-hybridized carbons (Fsp3) is 0.308. The quantitative estimate of drug-likeness (QED) is 0.859. The topological polar surface area (TPSA) is 61.9 Å². The molecule has 2 rings (SSSR count). The minimum atomic E-state index is -0.282. The Labute approximate surface area is 120 Å². The van der Waals surface area contributed by atoms with Crippen molar-refractivity contribution in [1.82, 2.24) is 20.1 Å². The monoisotopic (exact) mass is 294 g/mol. The van der Waals surface area contributed by atoms with E-state index in [1.807, 2.05) is 6.92 Å². The summed E-state index contributed by atoms with van der Waals surface area (Å²) in [5, 5.41) is 7.02. The number of carbonyl (C=O) groups excluding carboxylic acids is 1. The fourth-order valence-corrected chi connectivity index (χ4v) is 2.38. The molecule has 106 valence electrons. The molecule has 1 heterocycles. The molecule has 0 saturated heterocycles. The number of nitrogens with zero attached hydrogens (tertiary/aromatic N) is 3. The van der Waals surface area contributed by atoms with Gasteiger partial charge in [0.05, 0.1) is 11.8 Å². The SMILES string of the molecule is C[C@@H](c1ccc(F)cc1)N(C)C(=O)CSc1ncn[nH]1. The van der Waals surface area contributed by atoms with Gasteiger partial charge in [-0.05, 0) is 24.6 Å². The first-order valence-electron chi connectivity index (χ1n) is 6.07. The van der Waals surface area contributed by atoms with Crippen molar-refractivity contribution in [2.24, 2.45) is 0 Å². The number of benzene rings is 1. The molecule has 5 nitrogen and oxygen atoms in total. The van der Waals surface area contributed by atoms with Crippen molar-refractivity contribution in [3.05, 3.63) is 42.0 Å². The molecule has 0 spiro atoms. The van der Waals surface area contributed by atoms with Crippen molar-refractivity contribution in [1.29, 1.82) is 0 Å². The van der Waals surface area contributed by atoms with Crippen molar-refractivity contribution in [2.45, 2.75) is 18.1 Å². The zero-order valence-electron chi connectivity index (χ0n) is 11.2. The van der Waals surface area contributed by atoms with Crippen LogP contribution in [0.3, 0.4) is 0 Å². The number of amides is 1. The number of aromatic nitrogens is 3. The van der Waals surface area contributed by atoms with Gasteiger partial charge in [0.25, 0.3) is 0 Å². The molecule has 1 atom stereocenters. The average molecular weight is 294 g/mol. The summed E-state index contributed by atoms with van der Waals surface area (Å²) in [6.45, 7) is 1.91. The van der Waals surface area contributed by atoms with E-state index in [0.717, 1.165) is 5.56 Å². The molecule has 7 heteroatoms. The van der Waals surface area contributed by atoms with Crippen LogP contribution in [-0.4, -0.2) is 38.8 Å². The lowest BCUT2D eigenvalue weighted by atomic mass is 10.1. The molecule has 0 aliphatic carbocycles.